The van der Waals surface area contributed by atoms with Gasteiger partial charge in [-0.05, 0) is 19.2 Å². The van der Waals surface area contributed by atoms with Gasteiger partial charge in [0.2, 0.25) is 5.91 Å². The molecule has 13 heavy (non-hydrogen) atoms. The fraction of sp³-hybridized carbons (Fsp3) is 0.700. The summed E-state index contributed by atoms with van der Waals surface area (Å²) in [6, 6.07) is 0. The smallest absolute Gasteiger partial charge is 0.245 e. The van der Waals surface area contributed by atoms with Crippen LogP contribution in [0.4, 0.5) is 0 Å². The molecule has 0 N–H and O–H groups in total. The van der Waals surface area contributed by atoms with Crippen LogP contribution in [0, 0.1) is 0 Å². The Morgan fingerprint density at radius 2 is 1.85 bits per heavy atom. The minimum absolute atomic E-state index is 0.00726. The first-order chi connectivity index (χ1) is 6.15. The largest absolute Gasteiger partial charge is 0.341 e. The molecule has 0 aliphatic carbocycles. The highest BCUT2D eigenvalue weighted by atomic mass is 16.2. The molecule has 0 saturated heterocycles. The molecular weight excluding hydrogens is 164 g/mol. The second kappa shape index (κ2) is 6.66. The van der Waals surface area contributed by atoms with Gasteiger partial charge in [-0.1, -0.05) is 20.4 Å². The van der Waals surface area contributed by atoms with E-state index in [0.29, 0.717) is 0 Å². The number of nitrogens with zero attached hydrogens (tertiary/aromatic N) is 2. The Kier molecular flexibility index (Phi) is 6.24. The number of carbonyl (C=O) groups excluding carboxylic acids is 1. The van der Waals surface area contributed by atoms with Crippen LogP contribution in [0.25, 0.3) is 0 Å². The molecule has 76 valence electrons. The van der Waals surface area contributed by atoms with Crippen LogP contribution in [0.2, 0.25) is 0 Å². The quantitative estimate of drug-likeness (QED) is 0.574. The van der Waals surface area contributed by atoms with Gasteiger partial charge in [0.05, 0.1) is 0 Å². The maximum absolute atomic E-state index is 11.1. The van der Waals surface area contributed by atoms with Crippen LogP contribution in [-0.4, -0.2) is 48.9 Å². The fourth-order valence-electron chi connectivity index (χ4n) is 1.10. The van der Waals surface area contributed by atoms with Crippen molar-refractivity contribution in [3.8, 4) is 0 Å². The highest BCUT2D eigenvalue weighted by molar-refractivity contribution is 5.86. The molecule has 3 nitrogen and oxygen atoms in total. The van der Waals surface area contributed by atoms with Crippen molar-refractivity contribution in [3.63, 3.8) is 0 Å². The Morgan fingerprint density at radius 1 is 1.31 bits per heavy atom. The van der Waals surface area contributed by atoms with Crippen LogP contribution < -0.4 is 0 Å². The Bertz CT molecular complexity index is 164. The maximum atomic E-state index is 11.1. The molecule has 0 aromatic rings. The Balaban J connectivity index is 3.73. The van der Waals surface area contributed by atoms with E-state index >= 15 is 0 Å². The van der Waals surface area contributed by atoms with Crippen molar-refractivity contribution in [2.75, 3.05) is 33.2 Å². The van der Waals surface area contributed by atoms with Crippen molar-refractivity contribution in [1.82, 2.24) is 9.80 Å². The molecule has 1 amide bonds. The minimum Gasteiger partial charge on any atom is -0.341 e. The summed E-state index contributed by atoms with van der Waals surface area (Å²) >= 11 is 0. The van der Waals surface area contributed by atoms with Gasteiger partial charge in [-0.15, -0.1) is 0 Å². The molecule has 0 rings (SSSR count). The highest BCUT2D eigenvalue weighted by Gasteiger charge is 2.05. The minimum atomic E-state index is -0.00726. The molecule has 0 aromatic carbocycles. The third kappa shape index (κ3) is 4.68. The van der Waals surface area contributed by atoms with E-state index in [2.05, 4.69) is 25.3 Å². The van der Waals surface area contributed by atoms with E-state index in [-0.39, 0.29) is 5.91 Å². The predicted molar refractivity (Wildman–Crippen MR) is 55.6 cm³/mol. The van der Waals surface area contributed by atoms with Gasteiger partial charge in [-0.25, -0.2) is 0 Å². The van der Waals surface area contributed by atoms with Gasteiger partial charge >= 0.3 is 0 Å². The fourth-order valence-corrected chi connectivity index (χ4v) is 1.10. The molecule has 3 heteroatoms. The van der Waals surface area contributed by atoms with Gasteiger partial charge in [0.15, 0.2) is 0 Å². The van der Waals surface area contributed by atoms with E-state index in [9.17, 15) is 4.79 Å². The predicted octanol–water partition coefficient (Wildman–Crippen LogP) is 0.973. The second-order valence-corrected chi connectivity index (χ2v) is 2.99. The molecule has 0 fully saturated rings. The summed E-state index contributed by atoms with van der Waals surface area (Å²) in [5.74, 6) is -0.00726. The zero-order valence-electron chi connectivity index (χ0n) is 8.92. The van der Waals surface area contributed by atoms with Crippen LogP contribution in [-0.2, 0) is 4.79 Å². The number of hydrogen-bond donors (Lipinski definition) is 0. The number of hydrogen-bond acceptors (Lipinski definition) is 2. The van der Waals surface area contributed by atoms with E-state index < -0.39 is 0 Å². The summed E-state index contributed by atoms with van der Waals surface area (Å²) in [5.41, 5.74) is 0. The second-order valence-electron chi connectivity index (χ2n) is 2.99. The zero-order valence-corrected chi connectivity index (χ0v) is 8.92. The molecule has 0 unspecified atom stereocenters. The lowest BCUT2D eigenvalue weighted by Crippen LogP contribution is -2.35. The van der Waals surface area contributed by atoms with Gasteiger partial charge in [-0.3, -0.25) is 4.79 Å². The first kappa shape index (κ1) is 12.2. The van der Waals surface area contributed by atoms with Crippen molar-refractivity contribution in [2.45, 2.75) is 13.8 Å². The molecule has 0 aromatic heterocycles. The molecular formula is C10H20N2O. The van der Waals surface area contributed by atoms with Gasteiger partial charge in [-0.2, -0.15) is 0 Å². The van der Waals surface area contributed by atoms with Gasteiger partial charge in [0, 0.05) is 20.1 Å². The average Bonchev–Trinajstić information content (AvgIpc) is 2.17. The van der Waals surface area contributed by atoms with Gasteiger partial charge in [0.1, 0.15) is 0 Å². The van der Waals surface area contributed by atoms with Crippen molar-refractivity contribution in [1.29, 1.82) is 0 Å². The average molecular weight is 184 g/mol. The lowest BCUT2D eigenvalue weighted by atomic mass is 10.4. The summed E-state index contributed by atoms with van der Waals surface area (Å²) < 4.78 is 0. The first-order valence-corrected chi connectivity index (χ1v) is 4.75. The summed E-state index contributed by atoms with van der Waals surface area (Å²) in [5, 5.41) is 0. The lowest BCUT2D eigenvalue weighted by Gasteiger charge is -2.22. The SMILES string of the molecule is C=CC(=O)N(C)CCN(CC)CC. The van der Waals surface area contributed by atoms with E-state index in [1.807, 2.05) is 0 Å². The summed E-state index contributed by atoms with van der Waals surface area (Å²) in [6.07, 6.45) is 1.35. The number of amides is 1. The Labute approximate surface area is 81.0 Å². The Morgan fingerprint density at radius 3 is 2.23 bits per heavy atom. The topological polar surface area (TPSA) is 23.6 Å². The summed E-state index contributed by atoms with van der Waals surface area (Å²) in [7, 11) is 1.80. The molecule has 0 spiro atoms. The normalized spacial score (nSPS) is 10.2. The van der Waals surface area contributed by atoms with Crippen LogP contribution in [0.5, 0.6) is 0 Å². The highest BCUT2D eigenvalue weighted by Crippen LogP contribution is 1.90. The monoisotopic (exact) mass is 184 g/mol. The van der Waals surface area contributed by atoms with Crippen LogP contribution >= 0.6 is 0 Å². The molecule has 0 saturated carbocycles. The van der Waals surface area contributed by atoms with Crippen molar-refractivity contribution < 1.29 is 4.79 Å². The van der Waals surface area contributed by atoms with Crippen LogP contribution in [0.1, 0.15) is 13.8 Å². The van der Waals surface area contributed by atoms with Crippen LogP contribution in [0.3, 0.4) is 0 Å². The Hall–Kier alpha value is -0.830. The third-order valence-corrected chi connectivity index (χ3v) is 2.20. The molecule has 0 heterocycles. The molecule has 0 bridgehead atoms. The van der Waals surface area contributed by atoms with E-state index in [0.717, 1.165) is 26.2 Å². The molecule has 0 radical (unpaired) electrons. The van der Waals surface area contributed by atoms with Crippen molar-refractivity contribution >= 4 is 5.91 Å². The van der Waals surface area contributed by atoms with Crippen molar-refractivity contribution in [3.05, 3.63) is 12.7 Å². The molecule has 0 aliphatic heterocycles. The zero-order chi connectivity index (χ0) is 10.3. The lowest BCUT2D eigenvalue weighted by molar-refractivity contribution is -0.124. The van der Waals surface area contributed by atoms with E-state index in [1.54, 1.807) is 11.9 Å². The third-order valence-electron chi connectivity index (χ3n) is 2.20. The maximum Gasteiger partial charge on any atom is 0.245 e. The number of rotatable bonds is 6. The number of carbonyl (C=O) groups is 1. The van der Waals surface area contributed by atoms with Gasteiger partial charge < -0.3 is 9.80 Å². The van der Waals surface area contributed by atoms with E-state index in [4.69, 9.17) is 0 Å². The number of likely N-dealkylation sites (N-methyl/N-ethyl adjacent to an activating group) is 2. The first-order valence-electron chi connectivity index (χ1n) is 4.75. The molecule has 0 aliphatic rings. The van der Waals surface area contributed by atoms with Crippen molar-refractivity contribution in [2.24, 2.45) is 0 Å². The molecule has 0 atom stereocenters. The standard InChI is InChI=1S/C10H20N2O/c1-5-10(13)11(4)8-9-12(6-2)7-3/h5H,1,6-9H2,2-4H3. The summed E-state index contributed by atoms with van der Waals surface area (Å²) in [6.45, 7) is 11.5. The van der Waals surface area contributed by atoms with Crippen LogP contribution in [0.15, 0.2) is 12.7 Å². The summed E-state index contributed by atoms with van der Waals surface area (Å²) in [4.78, 5) is 15.1. The van der Waals surface area contributed by atoms with E-state index in [1.165, 1.54) is 6.08 Å². The van der Waals surface area contributed by atoms with Gasteiger partial charge in [0.25, 0.3) is 0 Å².